The van der Waals surface area contributed by atoms with Gasteiger partial charge in [0.15, 0.2) is 0 Å². The molecule has 0 spiro atoms. The first kappa shape index (κ1) is 14.5. The Hall–Kier alpha value is -1.56. The van der Waals surface area contributed by atoms with Crippen LogP contribution in [0.15, 0.2) is 18.3 Å². The molecule has 0 radical (unpaired) electrons. The van der Waals surface area contributed by atoms with E-state index in [1.807, 2.05) is 6.26 Å². The van der Waals surface area contributed by atoms with Gasteiger partial charge in [0.2, 0.25) is 0 Å². The standard InChI is InChI=1S/C12H16N2O3S/c1-8(18-2)5-6-13-11(15)10-4-3-9(7-14-10)12(16)17/h3-4,7-8H,5-6H2,1-2H3,(H,13,15)(H,16,17). The number of nitrogens with zero attached hydrogens (tertiary/aromatic N) is 1. The van der Waals surface area contributed by atoms with Gasteiger partial charge in [-0.05, 0) is 24.8 Å². The molecule has 2 N–H and O–H groups in total. The third-order valence-corrected chi connectivity index (χ3v) is 3.52. The molecule has 0 saturated carbocycles. The number of pyridine rings is 1. The van der Waals surface area contributed by atoms with Gasteiger partial charge in [-0.3, -0.25) is 9.78 Å². The number of amides is 1. The average Bonchev–Trinajstić information content (AvgIpc) is 2.38. The van der Waals surface area contributed by atoms with Crippen molar-refractivity contribution in [2.45, 2.75) is 18.6 Å². The summed E-state index contributed by atoms with van der Waals surface area (Å²) < 4.78 is 0. The van der Waals surface area contributed by atoms with E-state index in [0.717, 1.165) is 6.42 Å². The summed E-state index contributed by atoms with van der Waals surface area (Å²) >= 11 is 1.75. The van der Waals surface area contributed by atoms with Gasteiger partial charge in [-0.1, -0.05) is 6.92 Å². The summed E-state index contributed by atoms with van der Waals surface area (Å²) in [6.07, 6.45) is 4.10. The summed E-state index contributed by atoms with van der Waals surface area (Å²) in [5.41, 5.74) is 0.305. The number of thioether (sulfide) groups is 1. The zero-order valence-electron chi connectivity index (χ0n) is 10.3. The van der Waals surface area contributed by atoms with Crippen LogP contribution in [0.1, 0.15) is 34.2 Å². The number of rotatable bonds is 6. The summed E-state index contributed by atoms with van der Waals surface area (Å²) in [5.74, 6) is -1.33. The number of nitrogens with one attached hydrogen (secondary N) is 1. The number of carbonyl (C=O) groups is 2. The monoisotopic (exact) mass is 268 g/mol. The molecule has 0 aliphatic rings. The van der Waals surface area contributed by atoms with Gasteiger partial charge < -0.3 is 10.4 Å². The van der Waals surface area contributed by atoms with E-state index in [2.05, 4.69) is 17.2 Å². The molecule has 18 heavy (non-hydrogen) atoms. The molecule has 1 unspecified atom stereocenters. The molecule has 0 fully saturated rings. The minimum Gasteiger partial charge on any atom is -0.478 e. The number of carbonyl (C=O) groups excluding carboxylic acids is 1. The summed E-state index contributed by atoms with van der Waals surface area (Å²) in [6, 6.07) is 2.78. The fraction of sp³-hybridized carbons (Fsp3) is 0.417. The van der Waals surface area contributed by atoms with Crippen molar-refractivity contribution in [1.29, 1.82) is 0 Å². The molecular formula is C12H16N2O3S. The van der Waals surface area contributed by atoms with Crippen molar-refractivity contribution in [2.75, 3.05) is 12.8 Å². The molecule has 1 aromatic heterocycles. The van der Waals surface area contributed by atoms with E-state index in [1.165, 1.54) is 18.3 Å². The van der Waals surface area contributed by atoms with Crippen LogP contribution in [0.4, 0.5) is 0 Å². The molecule has 6 heteroatoms. The molecule has 5 nitrogen and oxygen atoms in total. The molecule has 0 aliphatic carbocycles. The second-order valence-corrected chi connectivity index (χ2v) is 5.10. The van der Waals surface area contributed by atoms with Crippen molar-refractivity contribution in [3.8, 4) is 0 Å². The topological polar surface area (TPSA) is 79.3 Å². The van der Waals surface area contributed by atoms with E-state index in [4.69, 9.17) is 5.11 Å². The largest absolute Gasteiger partial charge is 0.478 e. The van der Waals surface area contributed by atoms with Crippen LogP contribution in [-0.2, 0) is 0 Å². The molecule has 1 amide bonds. The zero-order valence-corrected chi connectivity index (χ0v) is 11.2. The fourth-order valence-electron chi connectivity index (χ4n) is 1.25. The van der Waals surface area contributed by atoms with E-state index < -0.39 is 5.97 Å². The van der Waals surface area contributed by atoms with E-state index in [1.54, 1.807) is 11.8 Å². The summed E-state index contributed by atoms with van der Waals surface area (Å²) in [5, 5.41) is 11.9. The van der Waals surface area contributed by atoms with E-state index in [0.29, 0.717) is 11.8 Å². The van der Waals surface area contributed by atoms with Crippen molar-refractivity contribution in [3.63, 3.8) is 0 Å². The molecular weight excluding hydrogens is 252 g/mol. The lowest BCUT2D eigenvalue weighted by Crippen LogP contribution is -2.26. The Morgan fingerprint density at radius 2 is 2.22 bits per heavy atom. The highest BCUT2D eigenvalue weighted by atomic mass is 32.2. The number of aromatic carboxylic acids is 1. The van der Waals surface area contributed by atoms with Gasteiger partial charge in [0.25, 0.3) is 5.91 Å². The number of hydrogen-bond donors (Lipinski definition) is 2. The summed E-state index contributed by atoms with van der Waals surface area (Å²) in [6.45, 7) is 2.68. The van der Waals surface area contributed by atoms with Gasteiger partial charge in [-0.15, -0.1) is 0 Å². The van der Waals surface area contributed by atoms with E-state index in [9.17, 15) is 9.59 Å². The first-order valence-corrected chi connectivity index (χ1v) is 6.83. The number of aromatic nitrogens is 1. The minimum atomic E-state index is -1.05. The maximum atomic E-state index is 11.7. The molecule has 0 bridgehead atoms. The predicted molar refractivity (Wildman–Crippen MR) is 71.1 cm³/mol. The van der Waals surface area contributed by atoms with Gasteiger partial charge in [0, 0.05) is 18.0 Å². The van der Waals surface area contributed by atoms with Gasteiger partial charge in [-0.25, -0.2) is 4.79 Å². The van der Waals surface area contributed by atoms with Crippen molar-refractivity contribution in [2.24, 2.45) is 0 Å². The first-order chi connectivity index (χ1) is 8.54. The second-order valence-electron chi connectivity index (χ2n) is 3.83. The maximum absolute atomic E-state index is 11.7. The van der Waals surface area contributed by atoms with Crippen molar-refractivity contribution in [1.82, 2.24) is 10.3 Å². The first-order valence-electron chi connectivity index (χ1n) is 5.55. The molecule has 0 saturated heterocycles. The average molecular weight is 268 g/mol. The predicted octanol–water partition coefficient (Wildman–Crippen LogP) is 1.65. The zero-order chi connectivity index (χ0) is 13.5. The van der Waals surface area contributed by atoms with Gasteiger partial charge in [0.1, 0.15) is 5.69 Å². The van der Waals surface area contributed by atoms with Crippen LogP contribution in [0.25, 0.3) is 0 Å². The lowest BCUT2D eigenvalue weighted by Gasteiger charge is -2.08. The van der Waals surface area contributed by atoms with Crippen LogP contribution in [-0.4, -0.2) is 40.0 Å². The van der Waals surface area contributed by atoms with Crippen molar-refractivity contribution in [3.05, 3.63) is 29.6 Å². The van der Waals surface area contributed by atoms with Gasteiger partial charge in [-0.2, -0.15) is 11.8 Å². The second kappa shape index (κ2) is 7.00. The van der Waals surface area contributed by atoms with E-state index in [-0.39, 0.29) is 17.2 Å². The quantitative estimate of drug-likeness (QED) is 0.820. The maximum Gasteiger partial charge on any atom is 0.337 e. The smallest absolute Gasteiger partial charge is 0.337 e. The normalized spacial score (nSPS) is 11.9. The Kier molecular flexibility index (Phi) is 5.64. The number of carboxylic acid groups (broad SMARTS) is 1. The number of carboxylic acids is 1. The highest BCUT2D eigenvalue weighted by Gasteiger charge is 2.09. The van der Waals surface area contributed by atoms with Crippen molar-refractivity contribution < 1.29 is 14.7 Å². The van der Waals surface area contributed by atoms with Gasteiger partial charge >= 0.3 is 5.97 Å². The molecule has 0 aliphatic heterocycles. The van der Waals surface area contributed by atoms with E-state index >= 15 is 0 Å². The SMILES string of the molecule is CSC(C)CCNC(=O)c1ccc(C(=O)O)cn1. The Bertz CT molecular complexity index is 420. The third-order valence-electron chi connectivity index (χ3n) is 2.48. The molecule has 1 aromatic rings. The fourth-order valence-corrected chi connectivity index (χ4v) is 1.61. The van der Waals surface area contributed by atoms with Crippen LogP contribution < -0.4 is 5.32 Å². The van der Waals surface area contributed by atoms with Crippen LogP contribution >= 0.6 is 11.8 Å². The number of hydrogen-bond acceptors (Lipinski definition) is 4. The highest BCUT2D eigenvalue weighted by Crippen LogP contribution is 2.08. The summed E-state index contributed by atoms with van der Waals surface area (Å²) in [4.78, 5) is 26.1. The van der Waals surface area contributed by atoms with Crippen LogP contribution in [0.2, 0.25) is 0 Å². The van der Waals surface area contributed by atoms with Crippen molar-refractivity contribution >= 4 is 23.6 Å². The highest BCUT2D eigenvalue weighted by molar-refractivity contribution is 7.99. The molecule has 0 aromatic carbocycles. The Labute approximate surface area is 110 Å². The van der Waals surface area contributed by atoms with Crippen LogP contribution in [0, 0.1) is 0 Å². The Morgan fingerprint density at radius 3 is 2.72 bits per heavy atom. The third kappa shape index (κ3) is 4.37. The lowest BCUT2D eigenvalue weighted by molar-refractivity contribution is 0.0695. The molecule has 1 atom stereocenters. The van der Waals surface area contributed by atoms with Crippen LogP contribution in [0.3, 0.4) is 0 Å². The Morgan fingerprint density at radius 1 is 1.50 bits per heavy atom. The summed E-state index contributed by atoms with van der Waals surface area (Å²) in [7, 11) is 0. The molecule has 1 rings (SSSR count). The lowest BCUT2D eigenvalue weighted by atomic mass is 10.2. The Balaban J connectivity index is 2.49. The van der Waals surface area contributed by atoms with Gasteiger partial charge in [0.05, 0.1) is 5.56 Å². The molecule has 98 valence electrons. The molecule has 1 heterocycles. The minimum absolute atomic E-state index is 0.0718. The van der Waals surface area contributed by atoms with Crippen LogP contribution in [0.5, 0.6) is 0 Å².